The Kier molecular flexibility index (Phi) is 10.8. The Morgan fingerprint density at radius 2 is 1.71 bits per heavy atom. The maximum atomic E-state index is 13.4. The Hall–Kier alpha value is -4.57. The number of nitrogens with zero attached hydrogens (tertiary/aromatic N) is 1. The highest BCUT2D eigenvalue weighted by Gasteiger charge is 2.30. The van der Waals surface area contributed by atoms with Crippen LogP contribution in [0.2, 0.25) is 5.02 Å². The van der Waals surface area contributed by atoms with Crippen molar-refractivity contribution >= 4 is 35.2 Å². The topological polar surface area (TPSA) is 126 Å². The number of carbonyl (C=O) groups excluding carboxylic acids is 4. The number of fused-ring (bicyclic) bond motifs is 1. The first kappa shape index (κ1) is 30.4. The van der Waals surface area contributed by atoms with Crippen molar-refractivity contribution in [2.45, 2.75) is 24.9 Å². The van der Waals surface area contributed by atoms with Crippen LogP contribution in [0.4, 0.5) is 0 Å². The van der Waals surface area contributed by atoms with E-state index in [-0.39, 0.29) is 50.6 Å². The fourth-order valence-electron chi connectivity index (χ4n) is 4.38. The number of halogens is 1. The summed E-state index contributed by atoms with van der Waals surface area (Å²) >= 11 is 5.89. The van der Waals surface area contributed by atoms with E-state index in [1.165, 1.54) is 4.90 Å². The highest BCUT2D eigenvalue weighted by atomic mass is 35.5. The summed E-state index contributed by atoms with van der Waals surface area (Å²) in [6.07, 6.45) is -0.133. The minimum absolute atomic E-state index is 0.120. The largest absolute Gasteiger partial charge is 0.492 e. The average molecular weight is 593 g/mol. The molecule has 0 aromatic heterocycles. The molecule has 4 amide bonds. The summed E-state index contributed by atoms with van der Waals surface area (Å²) in [5.41, 5.74) is 1.06. The van der Waals surface area contributed by atoms with Gasteiger partial charge in [-0.1, -0.05) is 54.1 Å². The number of ether oxygens (including phenoxy) is 2. The second-order valence-corrected chi connectivity index (χ2v) is 10.2. The van der Waals surface area contributed by atoms with Crippen molar-refractivity contribution in [1.29, 1.82) is 0 Å². The summed E-state index contributed by atoms with van der Waals surface area (Å²) < 4.78 is 11.5. The summed E-state index contributed by atoms with van der Waals surface area (Å²) in [7, 11) is 1.63. The predicted molar refractivity (Wildman–Crippen MR) is 157 cm³/mol. The second kappa shape index (κ2) is 14.9. The third kappa shape index (κ3) is 8.71. The van der Waals surface area contributed by atoms with E-state index in [2.05, 4.69) is 16.0 Å². The molecule has 42 heavy (non-hydrogen) atoms. The summed E-state index contributed by atoms with van der Waals surface area (Å²) in [6, 6.07) is 20.6. The lowest BCUT2D eigenvalue weighted by atomic mass is 10.0. The smallest absolute Gasteiger partial charge is 0.255 e. The van der Waals surface area contributed by atoms with Gasteiger partial charge in [-0.2, -0.15) is 0 Å². The van der Waals surface area contributed by atoms with Gasteiger partial charge in [0.15, 0.2) is 0 Å². The third-order valence-corrected chi connectivity index (χ3v) is 6.86. The van der Waals surface area contributed by atoms with Crippen molar-refractivity contribution in [3.63, 3.8) is 0 Å². The van der Waals surface area contributed by atoms with Crippen LogP contribution in [-0.4, -0.2) is 74.0 Å². The molecule has 4 rings (SSSR count). The number of carbonyl (C=O) groups is 4. The number of hydrogen-bond donors (Lipinski definition) is 3. The van der Waals surface area contributed by atoms with Gasteiger partial charge in [-0.05, 0) is 42.0 Å². The van der Waals surface area contributed by atoms with E-state index in [0.717, 1.165) is 5.56 Å². The van der Waals surface area contributed by atoms with Gasteiger partial charge in [0.05, 0.1) is 25.1 Å². The SMILES string of the molecule is CN1CCOc2ccccc2C(=O)N[C@H](C(=O)NCCOc2ccc(Cl)cc2)CC(=O)N[C@H](Cc2ccccc2)C1=O. The van der Waals surface area contributed by atoms with Crippen LogP contribution in [0.25, 0.3) is 0 Å². The van der Waals surface area contributed by atoms with E-state index in [1.807, 2.05) is 30.3 Å². The van der Waals surface area contributed by atoms with Gasteiger partial charge in [-0.3, -0.25) is 19.2 Å². The van der Waals surface area contributed by atoms with E-state index >= 15 is 0 Å². The molecule has 0 spiro atoms. The molecule has 3 aromatic rings. The van der Waals surface area contributed by atoms with Gasteiger partial charge >= 0.3 is 0 Å². The van der Waals surface area contributed by atoms with Gasteiger partial charge in [-0.25, -0.2) is 0 Å². The van der Waals surface area contributed by atoms with Crippen molar-refractivity contribution < 1.29 is 28.7 Å². The van der Waals surface area contributed by atoms with Crippen LogP contribution in [0.1, 0.15) is 22.3 Å². The molecule has 0 bridgehead atoms. The summed E-state index contributed by atoms with van der Waals surface area (Å²) in [6.45, 7) is 0.626. The maximum Gasteiger partial charge on any atom is 0.255 e. The molecule has 0 radical (unpaired) electrons. The van der Waals surface area contributed by atoms with E-state index in [4.69, 9.17) is 21.1 Å². The number of rotatable bonds is 7. The lowest BCUT2D eigenvalue weighted by Crippen LogP contribution is -2.53. The van der Waals surface area contributed by atoms with Gasteiger partial charge in [0.25, 0.3) is 5.91 Å². The fourth-order valence-corrected chi connectivity index (χ4v) is 4.51. The molecule has 3 aromatic carbocycles. The molecule has 220 valence electrons. The first-order chi connectivity index (χ1) is 20.3. The zero-order chi connectivity index (χ0) is 29.9. The number of para-hydroxylation sites is 1. The van der Waals surface area contributed by atoms with E-state index < -0.39 is 29.8 Å². The fraction of sp³-hybridized carbons (Fsp3) is 0.290. The van der Waals surface area contributed by atoms with Crippen molar-refractivity contribution in [3.05, 3.63) is 95.0 Å². The van der Waals surface area contributed by atoms with Gasteiger partial charge in [-0.15, -0.1) is 0 Å². The molecule has 0 unspecified atom stereocenters. The molecule has 1 aliphatic heterocycles. The number of hydrogen-bond acceptors (Lipinski definition) is 6. The normalized spacial score (nSPS) is 18.0. The lowest BCUT2D eigenvalue weighted by Gasteiger charge is -2.26. The zero-order valence-corrected chi connectivity index (χ0v) is 23.9. The monoisotopic (exact) mass is 592 g/mol. The molecule has 2 atom stereocenters. The van der Waals surface area contributed by atoms with E-state index in [1.54, 1.807) is 55.6 Å². The number of nitrogens with one attached hydrogen (secondary N) is 3. The summed E-state index contributed by atoms with van der Waals surface area (Å²) in [5, 5.41) is 8.72. The van der Waals surface area contributed by atoms with Crippen molar-refractivity contribution in [1.82, 2.24) is 20.9 Å². The van der Waals surface area contributed by atoms with Crippen LogP contribution in [0.15, 0.2) is 78.9 Å². The van der Waals surface area contributed by atoms with Crippen molar-refractivity contribution in [2.24, 2.45) is 0 Å². The van der Waals surface area contributed by atoms with E-state index in [9.17, 15) is 19.2 Å². The zero-order valence-electron chi connectivity index (χ0n) is 23.2. The van der Waals surface area contributed by atoms with Crippen LogP contribution in [0, 0.1) is 0 Å². The Balaban J connectivity index is 1.51. The molecule has 1 heterocycles. The average Bonchev–Trinajstić information content (AvgIpc) is 2.99. The van der Waals surface area contributed by atoms with Crippen molar-refractivity contribution in [3.8, 4) is 11.5 Å². The van der Waals surface area contributed by atoms with Gasteiger partial charge in [0.2, 0.25) is 17.7 Å². The van der Waals surface area contributed by atoms with Gasteiger partial charge in [0.1, 0.15) is 36.8 Å². The first-order valence-electron chi connectivity index (χ1n) is 13.6. The van der Waals surface area contributed by atoms with Crippen LogP contribution < -0.4 is 25.4 Å². The molecule has 0 saturated carbocycles. The van der Waals surface area contributed by atoms with Crippen LogP contribution in [0.3, 0.4) is 0 Å². The van der Waals surface area contributed by atoms with Crippen LogP contribution in [-0.2, 0) is 20.8 Å². The molecule has 0 aliphatic carbocycles. The molecule has 3 N–H and O–H groups in total. The predicted octanol–water partition coefficient (Wildman–Crippen LogP) is 2.60. The minimum Gasteiger partial charge on any atom is -0.492 e. The van der Waals surface area contributed by atoms with Gasteiger partial charge < -0.3 is 30.3 Å². The Labute approximate surface area is 249 Å². The van der Waals surface area contributed by atoms with E-state index in [0.29, 0.717) is 16.5 Å². The Bertz CT molecular complexity index is 1390. The number of benzene rings is 3. The Morgan fingerprint density at radius 1 is 1.00 bits per heavy atom. The molecule has 0 fully saturated rings. The Morgan fingerprint density at radius 3 is 2.48 bits per heavy atom. The molecular formula is C31H33ClN4O6. The molecular weight excluding hydrogens is 560 g/mol. The van der Waals surface area contributed by atoms with Crippen molar-refractivity contribution in [2.75, 3.05) is 33.4 Å². The number of amides is 4. The van der Waals surface area contributed by atoms with Gasteiger partial charge in [0, 0.05) is 18.5 Å². The highest BCUT2D eigenvalue weighted by Crippen LogP contribution is 2.19. The summed E-state index contributed by atoms with van der Waals surface area (Å²) in [5.74, 6) is -1.13. The lowest BCUT2D eigenvalue weighted by molar-refractivity contribution is -0.136. The molecule has 1 aliphatic rings. The highest BCUT2D eigenvalue weighted by molar-refractivity contribution is 6.30. The standard InChI is InChI=1S/C31H33ClN4O6/c1-36-16-18-42-27-10-6-5-9-24(27)29(38)35-25(30(39)33-15-17-41-23-13-11-22(32)12-14-23)20-28(37)34-26(31(36)40)19-21-7-3-2-4-8-21/h2-14,25-26H,15-20H2,1H3,(H,33,39)(H,34,37)(H,35,38)/t25-,26+/m0/s1. The molecule has 10 nitrogen and oxygen atoms in total. The second-order valence-electron chi connectivity index (χ2n) is 9.74. The number of likely N-dealkylation sites (N-methyl/N-ethyl adjacent to an activating group) is 1. The molecule has 0 saturated heterocycles. The first-order valence-corrected chi connectivity index (χ1v) is 13.9. The minimum atomic E-state index is -1.23. The van der Waals surface area contributed by atoms with Crippen LogP contribution in [0.5, 0.6) is 11.5 Å². The third-order valence-electron chi connectivity index (χ3n) is 6.60. The maximum absolute atomic E-state index is 13.4. The van der Waals surface area contributed by atoms with Crippen LogP contribution >= 0.6 is 11.6 Å². The molecule has 11 heteroatoms. The summed E-state index contributed by atoms with van der Waals surface area (Å²) in [4.78, 5) is 54.6. The quantitative estimate of drug-likeness (QED) is 0.362.